The topological polar surface area (TPSA) is 6.48 Å². The zero-order chi connectivity index (χ0) is 14.7. The first-order valence-corrected chi connectivity index (χ1v) is 9.71. The van der Waals surface area contributed by atoms with Gasteiger partial charge >= 0.3 is 0 Å². The third-order valence-corrected chi connectivity index (χ3v) is 7.59. The Hall–Kier alpha value is -1.06. The fourth-order valence-electron chi connectivity index (χ4n) is 2.37. The van der Waals surface area contributed by atoms with Crippen LogP contribution in [0.15, 0.2) is 73.1 Å². The molecule has 108 valence electrons. The number of rotatable bonds is 4. The van der Waals surface area contributed by atoms with Crippen molar-refractivity contribution in [2.24, 2.45) is 0 Å². The summed E-state index contributed by atoms with van der Waals surface area (Å²) in [5.41, 5.74) is 0. The molecule has 1 heterocycles. The molecule has 0 spiro atoms. The predicted molar refractivity (Wildman–Crippen MR) is 100 cm³/mol. The normalized spacial score (nSPS) is 17.8. The van der Waals surface area contributed by atoms with E-state index in [1.807, 2.05) is 0 Å². The van der Waals surface area contributed by atoms with Gasteiger partial charge in [-0.05, 0) is 41.1 Å². The highest BCUT2D eigenvalue weighted by Gasteiger charge is 2.24. The van der Waals surface area contributed by atoms with Gasteiger partial charge in [-0.1, -0.05) is 60.7 Å². The Labute approximate surface area is 141 Å². The summed E-state index contributed by atoms with van der Waals surface area (Å²) < 4.78 is 0.403. The first-order valence-electron chi connectivity index (χ1n) is 6.93. The number of hydrogen-bond acceptors (Lipinski definition) is 2. The van der Waals surface area contributed by atoms with Crippen LogP contribution in [0.2, 0.25) is 0 Å². The second kappa shape index (κ2) is 6.80. The van der Waals surface area contributed by atoms with E-state index in [9.17, 15) is 0 Å². The smallest absolute Gasteiger partial charge is 0.154 e. The van der Waals surface area contributed by atoms with Crippen molar-refractivity contribution in [3.05, 3.63) is 73.1 Å². The molecule has 0 saturated carbocycles. The van der Waals surface area contributed by atoms with Gasteiger partial charge in [-0.25, -0.2) is 0 Å². The van der Waals surface area contributed by atoms with Crippen LogP contribution >= 0.6 is 30.5 Å². The number of nitrogens with zero attached hydrogens (tertiary/aromatic N) is 2. The Bertz CT molecular complexity index is 563. The standard InChI is InChI=1S/C17H18IN2P/c1-19-12-13-20(17(19)18)14-21(15-8-4-2-5-9-15)16-10-6-3-7-11-16/h2-13,17H,14H2,1H3. The fraction of sp³-hybridized carbons (Fsp3) is 0.176. The molecule has 2 aromatic rings. The molecule has 0 aromatic heterocycles. The molecule has 4 heteroatoms. The van der Waals surface area contributed by atoms with Gasteiger partial charge < -0.3 is 9.80 Å². The van der Waals surface area contributed by atoms with Gasteiger partial charge in [0.1, 0.15) is 0 Å². The molecule has 0 N–H and O–H groups in total. The summed E-state index contributed by atoms with van der Waals surface area (Å²) >= 11 is 2.49. The summed E-state index contributed by atoms with van der Waals surface area (Å²) in [6.07, 6.45) is 5.41. The third-order valence-electron chi connectivity index (χ3n) is 3.54. The maximum Gasteiger partial charge on any atom is 0.154 e. The van der Waals surface area contributed by atoms with E-state index in [1.165, 1.54) is 10.6 Å². The van der Waals surface area contributed by atoms with Gasteiger partial charge in [0.25, 0.3) is 0 Å². The van der Waals surface area contributed by atoms with E-state index in [0.717, 1.165) is 6.29 Å². The van der Waals surface area contributed by atoms with Crippen LogP contribution in [-0.2, 0) is 0 Å². The Morgan fingerprint density at radius 2 is 1.43 bits per heavy atom. The number of benzene rings is 2. The van der Waals surface area contributed by atoms with Crippen LogP contribution in [0.4, 0.5) is 0 Å². The monoisotopic (exact) mass is 408 g/mol. The van der Waals surface area contributed by atoms with Crippen molar-refractivity contribution in [2.75, 3.05) is 13.3 Å². The van der Waals surface area contributed by atoms with E-state index < -0.39 is 0 Å². The highest BCUT2D eigenvalue weighted by molar-refractivity contribution is 14.1. The van der Waals surface area contributed by atoms with Crippen molar-refractivity contribution >= 4 is 41.1 Å². The lowest BCUT2D eigenvalue weighted by molar-refractivity contribution is 0.309. The zero-order valence-corrected chi connectivity index (χ0v) is 15.0. The summed E-state index contributed by atoms with van der Waals surface area (Å²) in [5, 5.41) is 2.87. The lowest BCUT2D eigenvalue weighted by Gasteiger charge is -2.30. The highest BCUT2D eigenvalue weighted by Crippen LogP contribution is 2.37. The van der Waals surface area contributed by atoms with Gasteiger partial charge in [0.05, 0.1) is 0 Å². The lowest BCUT2D eigenvalue weighted by atomic mass is 10.4. The molecule has 0 amide bonds. The van der Waals surface area contributed by atoms with Crippen LogP contribution < -0.4 is 10.6 Å². The van der Waals surface area contributed by atoms with Crippen LogP contribution in [0.25, 0.3) is 0 Å². The summed E-state index contributed by atoms with van der Waals surface area (Å²) in [4.78, 5) is 4.66. The third kappa shape index (κ3) is 3.41. The van der Waals surface area contributed by atoms with E-state index in [1.54, 1.807) is 0 Å². The largest absolute Gasteiger partial charge is 0.351 e. The van der Waals surface area contributed by atoms with Crippen LogP contribution in [0.3, 0.4) is 0 Å². The number of hydrogen-bond donors (Lipinski definition) is 0. The number of halogens is 1. The second-order valence-electron chi connectivity index (χ2n) is 5.03. The van der Waals surface area contributed by atoms with E-state index in [0.29, 0.717) is 4.17 Å². The van der Waals surface area contributed by atoms with Gasteiger partial charge in [0, 0.05) is 25.7 Å². The molecule has 2 nitrogen and oxygen atoms in total. The zero-order valence-electron chi connectivity index (χ0n) is 11.9. The van der Waals surface area contributed by atoms with Crippen molar-refractivity contribution in [1.29, 1.82) is 0 Å². The Balaban J connectivity index is 1.89. The molecule has 0 bridgehead atoms. The molecular formula is C17H18IN2P. The summed E-state index contributed by atoms with van der Waals surface area (Å²) in [6, 6.07) is 21.8. The molecule has 1 atom stereocenters. The highest BCUT2D eigenvalue weighted by atomic mass is 127. The molecule has 0 saturated heterocycles. The van der Waals surface area contributed by atoms with E-state index in [2.05, 4.69) is 113 Å². The molecule has 1 aliphatic heterocycles. The van der Waals surface area contributed by atoms with Crippen molar-refractivity contribution in [3.8, 4) is 0 Å². The Morgan fingerprint density at radius 3 is 1.86 bits per heavy atom. The molecule has 0 radical (unpaired) electrons. The minimum Gasteiger partial charge on any atom is -0.351 e. The number of alkyl halides is 1. The lowest BCUT2D eigenvalue weighted by Crippen LogP contribution is -2.33. The minimum absolute atomic E-state index is 0.364. The molecule has 1 unspecified atom stereocenters. The SMILES string of the molecule is CN1C=CN(CP(c2ccccc2)c2ccccc2)C1I. The fourth-order valence-corrected chi connectivity index (χ4v) is 5.52. The predicted octanol–water partition coefficient (Wildman–Crippen LogP) is 3.51. The summed E-state index contributed by atoms with van der Waals surface area (Å²) in [5.74, 6) is 0. The van der Waals surface area contributed by atoms with Crippen LogP contribution in [-0.4, -0.2) is 27.3 Å². The van der Waals surface area contributed by atoms with E-state index in [4.69, 9.17) is 0 Å². The molecular weight excluding hydrogens is 390 g/mol. The quantitative estimate of drug-likeness (QED) is 0.331. The van der Waals surface area contributed by atoms with E-state index >= 15 is 0 Å². The van der Waals surface area contributed by atoms with Crippen molar-refractivity contribution in [2.45, 2.75) is 4.17 Å². The van der Waals surface area contributed by atoms with Crippen molar-refractivity contribution in [1.82, 2.24) is 9.80 Å². The average molecular weight is 408 g/mol. The second-order valence-corrected chi connectivity index (χ2v) is 8.31. The Morgan fingerprint density at radius 1 is 0.905 bits per heavy atom. The van der Waals surface area contributed by atoms with Gasteiger partial charge in [0.15, 0.2) is 4.17 Å². The molecule has 2 aromatic carbocycles. The molecule has 3 rings (SSSR count). The van der Waals surface area contributed by atoms with Gasteiger partial charge in [-0.3, -0.25) is 0 Å². The molecule has 0 fully saturated rings. The average Bonchev–Trinajstić information content (AvgIpc) is 2.86. The van der Waals surface area contributed by atoms with Crippen LogP contribution in [0.1, 0.15) is 0 Å². The molecule has 0 aliphatic carbocycles. The Kier molecular flexibility index (Phi) is 4.81. The summed E-state index contributed by atoms with van der Waals surface area (Å²) in [6.45, 7) is 0. The van der Waals surface area contributed by atoms with Gasteiger partial charge in [0.2, 0.25) is 0 Å². The maximum atomic E-state index is 2.49. The van der Waals surface area contributed by atoms with Crippen molar-refractivity contribution in [3.63, 3.8) is 0 Å². The summed E-state index contributed by atoms with van der Waals surface area (Å²) in [7, 11) is 1.76. The van der Waals surface area contributed by atoms with Crippen LogP contribution in [0.5, 0.6) is 0 Å². The minimum atomic E-state index is -0.364. The first kappa shape index (κ1) is 14.9. The van der Waals surface area contributed by atoms with Gasteiger partial charge in [-0.2, -0.15) is 0 Å². The maximum absolute atomic E-state index is 2.49. The molecule has 21 heavy (non-hydrogen) atoms. The van der Waals surface area contributed by atoms with Gasteiger partial charge in [-0.15, -0.1) is 0 Å². The van der Waals surface area contributed by atoms with Crippen molar-refractivity contribution < 1.29 is 0 Å². The molecule has 1 aliphatic rings. The van der Waals surface area contributed by atoms with Crippen LogP contribution in [0, 0.1) is 0 Å². The van der Waals surface area contributed by atoms with E-state index in [-0.39, 0.29) is 7.92 Å². The first-order chi connectivity index (χ1) is 10.3.